The number of halogens is 2. The molecule has 1 atom stereocenters. The first-order chi connectivity index (χ1) is 10.9. The molecule has 6 heteroatoms. The van der Waals surface area contributed by atoms with Gasteiger partial charge in [-0.05, 0) is 44.2 Å². The third-order valence-corrected chi connectivity index (χ3v) is 4.09. The number of allylic oxidation sites excluding steroid dienone is 1. The number of nitrogens with one attached hydrogen (secondary N) is 1. The van der Waals surface area contributed by atoms with Gasteiger partial charge in [0, 0.05) is 11.6 Å². The predicted molar refractivity (Wildman–Crippen MR) is 83.1 cm³/mol. The average Bonchev–Trinajstić information content (AvgIpc) is 3.31. The second-order valence-electron chi connectivity index (χ2n) is 6.04. The lowest BCUT2D eigenvalue weighted by Gasteiger charge is -2.28. The van der Waals surface area contributed by atoms with Crippen LogP contribution in [0.25, 0.3) is 5.57 Å². The van der Waals surface area contributed by atoms with Gasteiger partial charge in [0.2, 0.25) is 5.91 Å². The molecule has 1 aliphatic rings. The summed E-state index contributed by atoms with van der Waals surface area (Å²) in [5.74, 6) is -0.0615. The fourth-order valence-corrected chi connectivity index (χ4v) is 2.57. The van der Waals surface area contributed by atoms with E-state index in [0.717, 1.165) is 12.8 Å². The van der Waals surface area contributed by atoms with Crippen molar-refractivity contribution in [3.63, 3.8) is 0 Å². The maximum atomic E-state index is 12.4. The van der Waals surface area contributed by atoms with Crippen molar-refractivity contribution >= 4 is 11.5 Å². The topological polar surface area (TPSA) is 58.6 Å². The van der Waals surface area contributed by atoms with E-state index in [1.54, 1.807) is 32.0 Å². The monoisotopic (exact) mass is 325 g/mol. The Labute approximate surface area is 134 Å². The number of aliphatic hydroxyl groups excluding tert-OH is 1. The lowest BCUT2D eigenvalue weighted by atomic mass is 9.96. The molecule has 1 aromatic rings. The van der Waals surface area contributed by atoms with Crippen LogP contribution in [0.4, 0.5) is 8.78 Å². The van der Waals surface area contributed by atoms with Gasteiger partial charge < -0.3 is 15.2 Å². The molecule has 0 aromatic heterocycles. The number of carbonyl (C=O) groups excluding carboxylic acids is 1. The first-order valence-corrected chi connectivity index (χ1v) is 7.51. The van der Waals surface area contributed by atoms with E-state index in [9.17, 15) is 18.7 Å². The fraction of sp³-hybridized carbons (Fsp3) is 0.471. The minimum atomic E-state index is -2.93. The molecule has 0 bridgehead atoms. The van der Waals surface area contributed by atoms with Gasteiger partial charge in [0.25, 0.3) is 0 Å². The summed E-state index contributed by atoms with van der Waals surface area (Å²) >= 11 is 0. The van der Waals surface area contributed by atoms with Crippen molar-refractivity contribution in [2.75, 3.05) is 6.61 Å². The summed E-state index contributed by atoms with van der Waals surface area (Å²) in [7, 11) is 0. The molecule has 1 aliphatic carbocycles. The van der Waals surface area contributed by atoms with Gasteiger partial charge in [-0.1, -0.05) is 18.2 Å². The van der Waals surface area contributed by atoms with E-state index in [1.165, 1.54) is 12.1 Å². The van der Waals surface area contributed by atoms with Crippen LogP contribution >= 0.6 is 0 Å². The quantitative estimate of drug-likeness (QED) is 0.758. The summed E-state index contributed by atoms with van der Waals surface area (Å²) in [5, 5.41) is 12.3. The van der Waals surface area contributed by atoms with E-state index >= 15 is 0 Å². The zero-order chi connectivity index (χ0) is 17.0. The van der Waals surface area contributed by atoms with Crippen LogP contribution in [0, 0.1) is 5.92 Å². The molecule has 1 amide bonds. The summed E-state index contributed by atoms with van der Waals surface area (Å²) in [4.78, 5) is 12.2. The minimum Gasteiger partial charge on any atom is -0.434 e. The SMILES string of the molecule is C/C(=C/C(=O)NC(C)(CO)C1CC1)c1ccccc1OC(F)F. The second kappa shape index (κ2) is 7.08. The highest BCUT2D eigenvalue weighted by Gasteiger charge is 2.41. The largest absolute Gasteiger partial charge is 0.434 e. The van der Waals surface area contributed by atoms with Gasteiger partial charge in [-0.15, -0.1) is 0 Å². The first-order valence-electron chi connectivity index (χ1n) is 7.51. The van der Waals surface area contributed by atoms with Gasteiger partial charge >= 0.3 is 6.61 Å². The molecule has 0 radical (unpaired) electrons. The number of aliphatic hydroxyl groups is 1. The molecule has 1 aromatic carbocycles. The number of amides is 1. The van der Waals surface area contributed by atoms with E-state index in [4.69, 9.17) is 0 Å². The number of hydrogen-bond donors (Lipinski definition) is 2. The van der Waals surface area contributed by atoms with Gasteiger partial charge in [0.1, 0.15) is 5.75 Å². The lowest BCUT2D eigenvalue weighted by molar-refractivity contribution is -0.119. The fourth-order valence-electron chi connectivity index (χ4n) is 2.57. The number of hydrogen-bond acceptors (Lipinski definition) is 3. The third kappa shape index (κ3) is 4.51. The normalized spacial score (nSPS) is 17.7. The Kier molecular flexibility index (Phi) is 5.36. The molecule has 23 heavy (non-hydrogen) atoms. The van der Waals surface area contributed by atoms with Crippen molar-refractivity contribution in [2.24, 2.45) is 5.92 Å². The van der Waals surface area contributed by atoms with Gasteiger partial charge in [-0.25, -0.2) is 0 Å². The van der Waals surface area contributed by atoms with Crippen LogP contribution in [0.2, 0.25) is 0 Å². The molecule has 0 aliphatic heterocycles. The molecule has 0 spiro atoms. The van der Waals surface area contributed by atoms with E-state index < -0.39 is 12.2 Å². The molecule has 126 valence electrons. The average molecular weight is 325 g/mol. The van der Waals surface area contributed by atoms with Crippen molar-refractivity contribution < 1.29 is 23.4 Å². The number of benzene rings is 1. The number of alkyl halides is 2. The zero-order valence-corrected chi connectivity index (χ0v) is 13.2. The van der Waals surface area contributed by atoms with Gasteiger partial charge in [0.15, 0.2) is 0 Å². The molecular formula is C17H21F2NO3. The van der Waals surface area contributed by atoms with Crippen molar-refractivity contribution in [1.82, 2.24) is 5.32 Å². The Morgan fingerprint density at radius 3 is 2.70 bits per heavy atom. The second-order valence-corrected chi connectivity index (χ2v) is 6.04. The van der Waals surface area contributed by atoms with Gasteiger partial charge in [0.05, 0.1) is 12.1 Å². The maximum Gasteiger partial charge on any atom is 0.387 e. The van der Waals surface area contributed by atoms with Crippen molar-refractivity contribution in [1.29, 1.82) is 0 Å². The number of para-hydroxylation sites is 1. The van der Waals surface area contributed by atoms with Crippen molar-refractivity contribution in [3.8, 4) is 5.75 Å². The molecular weight excluding hydrogens is 304 g/mol. The highest BCUT2D eigenvalue weighted by molar-refractivity contribution is 5.95. The molecule has 1 fully saturated rings. The molecule has 0 saturated heterocycles. The number of ether oxygens (including phenoxy) is 1. The smallest absolute Gasteiger partial charge is 0.387 e. The summed E-state index contributed by atoms with van der Waals surface area (Å²) in [6.45, 7) is 0.395. The van der Waals surface area contributed by atoms with Crippen LogP contribution in [0.1, 0.15) is 32.3 Å². The molecule has 0 heterocycles. The molecule has 1 saturated carbocycles. The maximum absolute atomic E-state index is 12.4. The highest BCUT2D eigenvalue weighted by Crippen LogP contribution is 2.39. The standard InChI is InChI=1S/C17H21F2NO3/c1-11(13-5-3-4-6-14(13)23-16(18)19)9-15(22)20-17(2,10-21)12-7-8-12/h3-6,9,12,16,21H,7-8,10H2,1-2H3,(H,20,22)/b11-9-. The van der Waals surface area contributed by atoms with Gasteiger partial charge in [-0.3, -0.25) is 4.79 Å². The van der Waals surface area contributed by atoms with Gasteiger partial charge in [-0.2, -0.15) is 8.78 Å². The van der Waals surface area contributed by atoms with E-state index in [1.807, 2.05) is 0 Å². The molecule has 2 N–H and O–H groups in total. The van der Waals surface area contributed by atoms with Crippen LogP contribution in [-0.2, 0) is 4.79 Å². The number of rotatable bonds is 7. The van der Waals surface area contributed by atoms with Crippen LogP contribution in [0.3, 0.4) is 0 Å². The van der Waals surface area contributed by atoms with Crippen LogP contribution in [0.15, 0.2) is 30.3 Å². The zero-order valence-electron chi connectivity index (χ0n) is 13.2. The molecule has 4 nitrogen and oxygen atoms in total. The highest BCUT2D eigenvalue weighted by atomic mass is 19.3. The van der Waals surface area contributed by atoms with Crippen LogP contribution in [0.5, 0.6) is 5.75 Å². The van der Waals surface area contributed by atoms with Crippen LogP contribution < -0.4 is 10.1 Å². The Balaban J connectivity index is 2.14. The minimum absolute atomic E-state index is 0.0242. The van der Waals surface area contributed by atoms with Crippen LogP contribution in [-0.4, -0.2) is 29.8 Å². The predicted octanol–water partition coefficient (Wildman–Crippen LogP) is 2.97. The summed E-state index contributed by atoms with van der Waals surface area (Å²) in [5.41, 5.74) is 0.294. The number of carbonyl (C=O) groups is 1. The van der Waals surface area contributed by atoms with E-state index in [2.05, 4.69) is 10.1 Å². The van der Waals surface area contributed by atoms with Crippen molar-refractivity contribution in [3.05, 3.63) is 35.9 Å². The Hall–Kier alpha value is -1.95. The Morgan fingerprint density at radius 2 is 2.13 bits per heavy atom. The Bertz CT molecular complexity index is 599. The van der Waals surface area contributed by atoms with Crippen molar-refractivity contribution in [2.45, 2.75) is 38.8 Å². The first kappa shape index (κ1) is 17.4. The Morgan fingerprint density at radius 1 is 1.48 bits per heavy atom. The van der Waals surface area contributed by atoms with E-state index in [0.29, 0.717) is 11.1 Å². The van der Waals surface area contributed by atoms with E-state index in [-0.39, 0.29) is 24.2 Å². The lowest BCUT2D eigenvalue weighted by Crippen LogP contribution is -2.50. The summed E-state index contributed by atoms with van der Waals surface area (Å²) < 4.78 is 29.4. The molecule has 1 unspecified atom stereocenters. The molecule has 2 rings (SSSR count). The summed E-state index contributed by atoms with van der Waals surface area (Å²) in [6, 6.07) is 6.32. The third-order valence-electron chi connectivity index (χ3n) is 4.09. The summed E-state index contributed by atoms with van der Waals surface area (Å²) in [6.07, 6.45) is 3.29.